The van der Waals surface area contributed by atoms with Crippen molar-refractivity contribution in [2.24, 2.45) is 0 Å². The lowest BCUT2D eigenvalue weighted by Gasteiger charge is -2.33. The van der Waals surface area contributed by atoms with E-state index in [0.717, 1.165) is 12.1 Å². The molecule has 1 heterocycles. The average Bonchev–Trinajstić information content (AvgIpc) is 2.47. The summed E-state index contributed by atoms with van der Waals surface area (Å²) in [6.45, 7) is 2.48. The highest BCUT2D eigenvalue weighted by molar-refractivity contribution is 5.89. The van der Waals surface area contributed by atoms with Crippen molar-refractivity contribution in [3.8, 4) is 0 Å². The summed E-state index contributed by atoms with van der Waals surface area (Å²) in [5.41, 5.74) is 1.47. The molecule has 1 aliphatic heterocycles. The van der Waals surface area contributed by atoms with E-state index in [1.54, 1.807) is 12.1 Å². The van der Waals surface area contributed by atoms with E-state index < -0.39 is 12.0 Å². The van der Waals surface area contributed by atoms with Gasteiger partial charge in [-0.25, -0.2) is 4.79 Å². The molecule has 1 atom stereocenters. The highest BCUT2D eigenvalue weighted by Crippen LogP contribution is 2.12. The molecule has 2 N–H and O–H groups in total. The number of aliphatic carboxylic acids is 1. The number of carboxylic acids is 1. The largest absolute Gasteiger partial charge is 0.480 e. The highest BCUT2D eigenvalue weighted by Gasteiger charge is 2.28. The summed E-state index contributed by atoms with van der Waals surface area (Å²) in [7, 11) is 1.34. The molecule has 6 heteroatoms. The van der Waals surface area contributed by atoms with Gasteiger partial charge in [0.1, 0.15) is 6.04 Å². The number of nitrogens with one attached hydrogen (secondary N) is 1. The molecule has 1 saturated heterocycles. The Hall–Kier alpha value is -1.92. The molecule has 108 valence electrons. The van der Waals surface area contributed by atoms with E-state index in [0.29, 0.717) is 25.2 Å². The van der Waals surface area contributed by atoms with Crippen LogP contribution in [0.1, 0.15) is 15.9 Å². The monoisotopic (exact) mass is 278 g/mol. The topological polar surface area (TPSA) is 78.9 Å². The molecule has 0 radical (unpaired) electrons. The molecule has 1 fully saturated rings. The Morgan fingerprint density at radius 1 is 1.40 bits per heavy atom. The van der Waals surface area contributed by atoms with Crippen LogP contribution in [0, 0.1) is 0 Å². The van der Waals surface area contributed by atoms with Crippen molar-refractivity contribution in [1.82, 2.24) is 10.2 Å². The smallest absolute Gasteiger partial charge is 0.337 e. The van der Waals surface area contributed by atoms with Crippen LogP contribution in [0.2, 0.25) is 0 Å². The number of hydrogen-bond donors (Lipinski definition) is 2. The third-order valence-electron chi connectivity index (χ3n) is 3.40. The minimum Gasteiger partial charge on any atom is -0.480 e. The lowest BCUT2D eigenvalue weighted by molar-refractivity contribution is -0.144. The summed E-state index contributed by atoms with van der Waals surface area (Å²) < 4.78 is 4.64. The van der Waals surface area contributed by atoms with Gasteiger partial charge in [-0.1, -0.05) is 12.1 Å². The Bertz CT molecular complexity index is 486. The Morgan fingerprint density at radius 2 is 2.10 bits per heavy atom. The van der Waals surface area contributed by atoms with Gasteiger partial charge in [0, 0.05) is 26.2 Å². The minimum atomic E-state index is -0.816. The fourth-order valence-corrected chi connectivity index (χ4v) is 2.28. The van der Waals surface area contributed by atoms with Gasteiger partial charge in [-0.05, 0) is 17.7 Å². The van der Waals surface area contributed by atoms with E-state index in [2.05, 4.69) is 10.1 Å². The van der Waals surface area contributed by atoms with Crippen LogP contribution in [0.25, 0.3) is 0 Å². The zero-order chi connectivity index (χ0) is 14.5. The quantitative estimate of drug-likeness (QED) is 0.773. The van der Waals surface area contributed by atoms with Crippen molar-refractivity contribution >= 4 is 11.9 Å². The lowest BCUT2D eigenvalue weighted by Crippen LogP contribution is -2.54. The summed E-state index contributed by atoms with van der Waals surface area (Å²) in [5, 5.41) is 12.3. The van der Waals surface area contributed by atoms with Crippen LogP contribution >= 0.6 is 0 Å². The zero-order valence-corrected chi connectivity index (χ0v) is 11.3. The molecule has 20 heavy (non-hydrogen) atoms. The van der Waals surface area contributed by atoms with E-state index in [1.165, 1.54) is 7.11 Å². The fourth-order valence-electron chi connectivity index (χ4n) is 2.28. The van der Waals surface area contributed by atoms with E-state index in [-0.39, 0.29) is 5.97 Å². The fraction of sp³-hybridized carbons (Fsp3) is 0.429. The van der Waals surface area contributed by atoms with Gasteiger partial charge in [-0.2, -0.15) is 0 Å². The third kappa shape index (κ3) is 3.34. The summed E-state index contributed by atoms with van der Waals surface area (Å²) in [6.07, 6.45) is 0. The first kappa shape index (κ1) is 14.5. The number of nitrogens with zero attached hydrogens (tertiary/aromatic N) is 1. The van der Waals surface area contributed by atoms with Crippen LogP contribution in [0.5, 0.6) is 0 Å². The van der Waals surface area contributed by atoms with Crippen molar-refractivity contribution in [3.63, 3.8) is 0 Å². The first-order valence-corrected chi connectivity index (χ1v) is 6.46. The molecule has 0 amide bonds. The molecule has 0 spiro atoms. The Labute approximate surface area is 117 Å². The van der Waals surface area contributed by atoms with Crippen LogP contribution in [0.3, 0.4) is 0 Å². The number of ether oxygens (including phenoxy) is 1. The zero-order valence-electron chi connectivity index (χ0n) is 11.3. The van der Waals surface area contributed by atoms with Crippen LogP contribution < -0.4 is 5.32 Å². The molecule has 0 aliphatic carbocycles. The number of carbonyl (C=O) groups excluding carboxylic acids is 1. The predicted octanol–water partition coefficient (Wildman–Crippen LogP) is 0.332. The van der Waals surface area contributed by atoms with Gasteiger partial charge in [0.25, 0.3) is 0 Å². The molecule has 0 saturated carbocycles. The van der Waals surface area contributed by atoms with Crippen molar-refractivity contribution in [3.05, 3.63) is 35.4 Å². The van der Waals surface area contributed by atoms with Crippen LogP contribution in [0.4, 0.5) is 0 Å². The number of esters is 1. The van der Waals surface area contributed by atoms with E-state index in [4.69, 9.17) is 0 Å². The SMILES string of the molecule is COC(=O)c1ccc(CN2CCNCC2C(=O)O)cc1. The highest BCUT2D eigenvalue weighted by atomic mass is 16.5. The van der Waals surface area contributed by atoms with E-state index in [9.17, 15) is 14.7 Å². The van der Waals surface area contributed by atoms with Gasteiger partial charge in [0.2, 0.25) is 0 Å². The number of piperazine rings is 1. The third-order valence-corrected chi connectivity index (χ3v) is 3.40. The number of hydrogen-bond acceptors (Lipinski definition) is 5. The first-order valence-electron chi connectivity index (χ1n) is 6.46. The van der Waals surface area contributed by atoms with Gasteiger partial charge < -0.3 is 15.2 Å². The molecule has 0 aromatic heterocycles. The maximum absolute atomic E-state index is 11.3. The van der Waals surface area contributed by atoms with Crippen molar-refractivity contribution in [1.29, 1.82) is 0 Å². The van der Waals surface area contributed by atoms with Crippen LogP contribution in [-0.2, 0) is 16.1 Å². The molecular weight excluding hydrogens is 260 g/mol. The Kier molecular flexibility index (Phi) is 4.70. The first-order chi connectivity index (χ1) is 9.61. The van der Waals surface area contributed by atoms with Gasteiger partial charge in [0.05, 0.1) is 12.7 Å². The minimum absolute atomic E-state index is 0.373. The Balaban J connectivity index is 2.05. The van der Waals surface area contributed by atoms with Gasteiger partial charge >= 0.3 is 11.9 Å². The summed E-state index contributed by atoms with van der Waals surface area (Å²) in [6, 6.07) is 6.53. The van der Waals surface area contributed by atoms with E-state index >= 15 is 0 Å². The van der Waals surface area contributed by atoms with Gasteiger partial charge in [0.15, 0.2) is 0 Å². The second-order valence-corrected chi connectivity index (χ2v) is 4.72. The molecule has 1 aromatic carbocycles. The molecule has 1 unspecified atom stereocenters. The van der Waals surface area contributed by atoms with Crippen molar-refractivity contribution in [2.45, 2.75) is 12.6 Å². The van der Waals surface area contributed by atoms with Crippen molar-refractivity contribution in [2.75, 3.05) is 26.7 Å². The predicted molar refractivity (Wildman–Crippen MR) is 72.5 cm³/mol. The number of benzene rings is 1. The average molecular weight is 278 g/mol. The standard InChI is InChI=1S/C14H18N2O4/c1-20-14(19)11-4-2-10(3-5-11)9-16-7-6-15-8-12(16)13(17)18/h2-5,12,15H,6-9H2,1H3,(H,17,18). The second kappa shape index (κ2) is 6.49. The summed E-state index contributed by atoms with van der Waals surface area (Å²) in [5.74, 6) is -1.19. The maximum Gasteiger partial charge on any atom is 0.337 e. The molecule has 1 aliphatic rings. The molecule has 0 bridgehead atoms. The molecular formula is C14H18N2O4. The lowest BCUT2D eigenvalue weighted by atomic mass is 10.1. The van der Waals surface area contributed by atoms with Crippen LogP contribution in [-0.4, -0.2) is 54.7 Å². The van der Waals surface area contributed by atoms with Crippen molar-refractivity contribution < 1.29 is 19.4 Å². The van der Waals surface area contributed by atoms with Gasteiger partial charge in [-0.3, -0.25) is 9.69 Å². The van der Waals surface area contributed by atoms with Gasteiger partial charge in [-0.15, -0.1) is 0 Å². The molecule has 2 rings (SSSR count). The normalized spacial score (nSPS) is 19.6. The number of carbonyl (C=O) groups is 2. The molecule has 6 nitrogen and oxygen atoms in total. The van der Waals surface area contributed by atoms with Crippen LogP contribution in [0.15, 0.2) is 24.3 Å². The van der Waals surface area contributed by atoms with E-state index in [1.807, 2.05) is 17.0 Å². The number of methoxy groups -OCH3 is 1. The summed E-state index contributed by atoms with van der Waals surface area (Å²) >= 11 is 0. The second-order valence-electron chi connectivity index (χ2n) is 4.72. The maximum atomic E-state index is 11.3. The number of carboxylic acid groups (broad SMARTS) is 1. The molecule has 1 aromatic rings. The summed E-state index contributed by atoms with van der Waals surface area (Å²) in [4.78, 5) is 24.5. The number of rotatable bonds is 4. The Morgan fingerprint density at radius 3 is 2.70 bits per heavy atom.